The second kappa shape index (κ2) is 64.8. The number of carbonyl (C=O) groups is 1. The molecular weight excluding hydrogens is 1080 g/mol. The van der Waals surface area contributed by atoms with Crippen LogP contribution in [-0.2, 0) is 14.3 Å². The summed E-state index contributed by atoms with van der Waals surface area (Å²) in [5, 5.41) is 54.7. The summed E-state index contributed by atoms with van der Waals surface area (Å²) in [6.45, 7) is 3.66. The molecule has 6 N–H and O–H groups in total. The maximum Gasteiger partial charge on any atom is 0.220 e. The zero-order valence-corrected chi connectivity index (χ0v) is 55.2. The van der Waals surface area contributed by atoms with Crippen LogP contribution in [0.1, 0.15) is 271 Å². The van der Waals surface area contributed by atoms with Gasteiger partial charge in [0.1, 0.15) is 24.4 Å². The Hall–Kier alpha value is -4.19. The third-order valence-corrected chi connectivity index (χ3v) is 15.6. The van der Waals surface area contributed by atoms with Crippen molar-refractivity contribution in [1.29, 1.82) is 0 Å². The fourth-order valence-electron chi connectivity index (χ4n) is 10.1. The van der Waals surface area contributed by atoms with E-state index in [1.54, 1.807) is 6.08 Å². The van der Waals surface area contributed by atoms with Crippen molar-refractivity contribution < 1.29 is 39.8 Å². The maximum atomic E-state index is 13.1. The number of rotatable bonds is 59. The Morgan fingerprint density at radius 3 is 1.06 bits per heavy atom. The minimum Gasteiger partial charge on any atom is -0.394 e. The normalized spacial score (nSPS) is 19.0. The van der Waals surface area contributed by atoms with Crippen molar-refractivity contribution in [2.75, 3.05) is 13.2 Å². The fraction of sp³-hybridized carbons (Fsp3) is 0.654. The highest BCUT2D eigenvalue weighted by atomic mass is 16.7. The summed E-state index contributed by atoms with van der Waals surface area (Å²) in [6.07, 6.45) is 94.7. The summed E-state index contributed by atoms with van der Waals surface area (Å²) < 4.78 is 11.3. The van der Waals surface area contributed by atoms with E-state index in [9.17, 15) is 30.3 Å². The quantitative estimate of drug-likeness (QED) is 0.0261. The van der Waals surface area contributed by atoms with Crippen molar-refractivity contribution in [1.82, 2.24) is 5.32 Å². The minimum absolute atomic E-state index is 0.205. The van der Waals surface area contributed by atoms with Gasteiger partial charge in [-0.05, 0) is 109 Å². The molecule has 0 spiro atoms. The Bertz CT molecular complexity index is 1930. The van der Waals surface area contributed by atoms with Gasteiger partial charge in [0.2, 0.25) is 5.91 Å². The van der Waals surface area contributed by atoms with Gasteiger partial charge in [-0.3, -0.25) is 4.79 Å². The number of carbonyl (C=O) groups excluding carboxylic acids is 1. The molecule has 1 rings (SSSR count). The third kappa shape index (κ3) is 53.4. The van der Waals surface area contributed by atoms with Crippen molar-refractivity contribution in [2.45, 2.75) is 314 Å². The van der Waals surface area contributed by atoms with Crippen LogP contribution < -0.4 is 5.32 Å². The van der Waals surface area contributed by atoms with E-state index in [0.29, 0.717) is 6.42 Å². The van der Waals surface area contributed by atoms with Crippen LogP contribution >= 0.6 is 0 Å². The van der Waals surface area contributed by atoms with Gasteiger partial charge >= 0.3 is 0 Å². The SMILES string of the molecule is CC/C=C\C/C=C\C/C=C\C/C=C\C/C=C\C/C=C\C/C=C\C/C=C\C/C=C\C/C=C\C/C=C\C/C=C\CCCCCCC(=O)NC(COC1OC(CO)C(O)C(O)C1O)C(O)/C=C/CCCCCCCCCCCCCCCCCCCCCCC. The smallest absolute Gasteiger partial charge is 0.220 e. The maximum absolute atomic E-state index is 13.1. The predicted octanol–water partition coefficient (Wildman–Crippen LogP) is 19.5. The van der Waals surface area contributed by atoms with Gasteiger partial charge in [0.25, 0.3) is 0 Å². The standard InChI is InChI=1S/C78H129NO8/c1-3-5-7-9-11-13-15-17-19-21-23-25-27-28-29-30-31-32-33-34-35-36-37-38-39-40-41-42-43-44-46-48-50-52-54-56-58-60-62-64-66-68-74(82)79-71(70-86-78-77(85)76(84)75(83)73(69-80)87-78)72(81)67-65-63-61-59-57-55-53-51-49-47-45-26-24-22-20-18-16-14-12-10-8-6-4-2/h5,7,11,13,17,19,23,25,28-29,31-32,34-35,37-38,40-41,43-44,48,50,54,56,65,67,71-73,75-78,80-81,83-85H,3-4,6,8-10,12,14-16,18,20-22,24,26-27,30,33,36,39,42,45-47,49,51-53,55,57-64,66,68-70H2,1-2H3,(H,79,82)/b7-5-,13-11-,19-17-,25-23-,29-28-,32-31-,35-34-,38-37-,41-40-,44-43-,50-48-,56-54-,67-65+. The molecule has 1 fully saturated rings. The molecule has 1 amide bonds. The number of aliphatic hydroxyl groups is 5. The Labute approximate surface area is 533 Å². The van der Waals surface area contributed by atoms with Gasteiger partial charge in [0, 0.05) is 6.42 Å². The zero-order chi connectivity index (χ0) is 62.8. The van der Waals surface area contributed by atoms with Crippen molar-refractivity contribution >= 4 is 5.91 Å². The van der Waals surface area contributed by atoms with E-state index in [0.717, 1.165) is 128 Å². The summed E-state index contributed by atoms with van der Waals surface area (Å²) in [5.74, 6) is -0.205. The summed E-state index contributed by atoms with van der Waals surface area (Å²) in [5.41, 5.74) is 0. The zero-order valence-electron chi connectivity index (χ0n) is 55.2. The molecule has 7 atom stereocenters. The first-order chi connectivity index (χ1) is 42.8. The molecule has 1 aliphatic rings. The van der Waals surface area contributed by atoms with Gasteiger partial charge < -0.3 is 40.3 Å². The molecule has 1 aliphatic heterocycles. The number of hydrogen-bond acceptors (Lipinski definition) is 8. The molecule has 1 heterocycles. The van der Waals surface area contributed by atoms with Crippen molar-refractivity contribution in [2.24, 2.45) is 0 Å². The van der Waals surface area contributed by atoms with E-state index in [-0.39, 0.29) is 12.5 Å². The van der Waals surface area contributed by atoms with E-state index in [1.165, 1.54) is 122 Å². The van der Waals surface area contributed by atoms with Gasteiger partial charge in [-0.1, -0.05) is 313 Å². The number of unbranched alkanes of at least 4 members (excludes halogenated alkanes) is 25. The first-order valence-corrected chi connectivity index (χ1v) is 35.2. The summed E-state index contributed by atoms with van der Waals surface area (Å²) in [6, 6.07) is -0.832. The van der Waals surface area contributed by atoms with Crippen LogP contribution in [-0.4, -0.2) is 87.5 Å². The predicted molar refractivity (Wildman–Crippen MR) is 373 cm³/mol. The van der Waals surface area contributed by atoms with Crippen LogP contribution in [0.25, 0.3) is 0 Å². The van der Waals surface area contributed by atoms with Crippen LogP contribution in [0.15, 0.2) is 158 Å². The molecule has 0 aromatic heterocycles. The van der Waals surface area contributed by atoms with Crippen LogP contribution in [0.3, 0.4) is 0 Å². The van der Waals surface area contributed by atoms with Crippen LogP contribution in [0.5, 0.6) is 0 Å². The fourth-order valence-corrected chi connectivity index (χ4v) is 10.1. The summed E-state index contributed by atoms with van der Waals surface area (Å²) in [4.78, 5) is 13.1. The van der Waals surface area contributed by atoms with Gasteiger partial charge in [-0.15, -0.1) is 0 Å². The molecule has 0 radical (unpaired) electrons. The average molecular weight is 1210 g/mol. The Morgan fingerprint density at radius 2 is 0.713 bits per heavy atom. The lowest BCUT2D eigenvalue weighted by atomic mass is 9.99. The number of aliphatic hydroxyl groups excluding tert-OH is 5. The van der Waals surface area contributed by atoms with Gasteiger partial charge in [-0.2, -0.15) is 0 Å². The van der Waals surface area contributed by atoms with Crippen LogP contribution in [0.2, 0.25) is 0 Å². The Kier molecular flexibility index (Phi) is 60.2. The molecule has 9 heteroatoms. The highest BCUT2D eigenvalue weighted by Crippen LogP contribution is 2.23. The van der Waals surface area contributed by atoms with Crippen LogP contribution in [0, 0.1) is 0 Å². The second-order valence-corrected chi connectivity index (χ2v) is 23.6. The van der Waals surface area contributed by atoms with Crippen molar-refractivity contribution in [3.05, 3.63) is 158 Å². The molecule has 9 nitrogen and oxygen atoms in total. The number of ether oxygens (including phenoxy) is 2. The van der Waals surface area contributed by atoms with E-state index >= 15 is 0 Å². The first-order valence-electron chi connectivity index (χ1n) is 35.2. The average Bonchev–Trinajstić information content (AvgIpc) is 3.47. The summed E-state index contributed by atoms with van der Waals surface area (Å²) >= 11 is 0. The molecule has 0 aromatic carbocycles. The molecule has 1 saturated heterocycles. The molecule has 0 aromatic rings. The van der Waals surface area contributed by atoms with Crippen molar-refractivity contribution in [3.8, 4) is 0 Å². The van der Waals surface area contributed by atoms with E-state index < -0.39 is 49.5 Å². The van der Waals surface area contributed by atoms with Gasteiger partial charge in [0.15, 0.2) is 6.29 Å². The Morgan fingerprint density at radius 1 is 0.402 bits per heavy atom. The number of hydrogen-bond donors (Lipinski definition) is 6. The number of nitrogens with one attached hydrogen (secondary N) is 1. The first kappa shape index (κ1) is 80.8. The molecule has 0 bridgehead atoms. The number of allylic oxidation sites excluding steroid dienone is 25. The topological polar surface area (TPSA) is 149 Å². The second-order valence-electron chi connectivity index (χ2n) is 23.6. The highest BCUT2D eigenvalue weighted by molar-refractivity contribution is 5.76. The third-order valence-electron chi connectivity index (χ3n) is 15.6. The van der Waals surface area contributed by atoms with E-state index in [2.05, 4.69) is 165 Å². The van der Waals surface area contributed by atoms with Crippen molar-refractivity contribution in [3.63, 3.8) is 0 Å². The largest absolute Gasteiger partial charge is 0.394 e. The van der Waals surface area contributed by atoms with E-state index in [1.807, 2.05) is 6.08 Å². The lowest BCUT2D eigenvalue weighted by Gasteiger charge is -2.40. The molecule has 0 saturated carbocycles. The highest BCUT2D eigenvalue weighted by Gasteiger charge is 2.44. The molecule has 87 heavy (non-hydrogen) atoms. The Balaban J connectivity index is 2.20. The summed E-state index contributed by atoms with van der Waals surface area (Å²) in [7, 11) is 0. The monoisotopic (exact) mass is 1210 g/mol. The molecule has 494 valence electrons. The lowest BCUT2D eigenvalue weighted by molar-refractivity contribution is -0.302. The minimum atomic E-state index is -1.58. The molecular formula is C78H129NO8. The van der Waals surface area contributed by atoms with Crippen LogP contribution in [0.4, 0.5) is 0 Å². The molecule has 0 aliphatic carbocycles. The van der Waals surface area contributed by atoms with Gasteiger partial charge in [0.05, 0.1) is 25.4 Å². The number of amides is 1. The van der Waals surface area contributed by atoms with Gasteiger partial charge in [-0.25, -0.2) is 0 Å². The molecule has 7 unspecified atom stereocenters. The lowest BCUT2D eigenvalue weighted by Crippen LogP contribution is -2.60. The van der Waals surface area contributed by atoms with E-state index in [4.69, 9.17) is 9.47 Å².